The minimum Gasteiger partial charge on any atom is -0.496 e. The first-order chi connectivity index (χ1) is 19.9. The van der Waals surface area contributed by atoms with Gasteiger partial charge in [-0.25, -0.2) is 13.6 Å². The van der Waals surface area contributed by atoms with Crippen LogP contribution in [0.1, 0.15) is 69.5 Å². The van der Waals surface area contributed by atoms with Crippen LogP contribution in [0.25, 0.3) is 5.76 Å². The van der Waals surface area contributed by atoms with Crippen LogP contribution in [0.3, 0.4) is 0 Å². The minimum absolute atomic E-state index is 0.0404. The highest BCUT2D eigenvalue weighted by molar-refractivity contribution is 5.97. The van der Waals surface area contributed by atoms with Gasteiger partial charge in [-0.2, -0.15) is 0 Å². The molecule has 1 unspecified atom stereocenters. The molecule has 0 aromatic heterocycles. The minimum atomic E-state index is -1.03. The summed E-state index contributed by atoms with van der Waals surface area (Å²) in [5.41, 5.74) is 0.828. The molecule has 1 aliphatic carbocycles. The zero-order chi connectivity index (χ0) is 30.9. The van der Waals surface area contributed by atoms with Gasteiger partial charge in [-0.15, -0.1) is 0 Å². The predicted octanol–water partition coefficient (Wildman–Crippen LogP) is 6.07. The van der Waals surface area contributed by atoms with E-state index in [-0.39, 0.29) is 34.0 Å². The third-order valence-electron chi connectivity index (χ3n) is 7.71. The lowest BCUT2D eigenvalue weighted by atomic mass is 9.76. The number of hydrogen-bond donors (Lipinski definition) is 2. The van der Waals surface area contributed by atoms with Gasteiger partial charge in [0.05, 0.1) is 12.7 Å². The van der Waals surface area contributed by atoms with E-state index in [0.717, 1.165) is 25.2 Å². The number of nitrogens with zero attached hydrogens (tertiary/aromatic N) is 1. The van der Waals surface area contributed by atoms with E-state index in [1.165, 1.54) is 58.3 Å². The summed E-state index contributed by atoms with van der Waals surface area (Å²) in [6.45, 7) is 8.86. The number of likely N-dealkylation sites (tertiary alicyclic amines) is 1. The normalized spacial score (nSPS) is 17.6. The SMILES string of the molecule is C=C(/C=C(\OC)c1ccc(F)cc1F)C(C)=O.CC1(CC(=O)NC(C(=O)O)c2ccccc2)CN(C2CCCCC2)C1. The third-order valence-corrected chi connectivity index (χ3v) is 7.71. The average Bonchev–Trinajstić information content (AvgIpc) is 2.94. The maximum atomic E-state index is 13.5. The quantitative estimate of drug-likeness (QED) is 0.201. The molecule has 4 rings (SSSR count). The van der Waals surface area contributed by atoms with Crippen molar-refractivity contribution in [3.63, 3.8) is 0 Å². The Labute approximate surface area is 246 Å². The van der Waals surface area contributed by atoms with Gasteiger partial charge in [0.15, 0.2) is 11.8 Å². The van der Waals surface area contributed by atoms with E-state index in [1.807, 2.05) is 6.07 Å². The van der Waals surface area contributed by atoms with E-state index in [1.54, 1.807) is 24.3 Å². The number of nitrogens with one attached hydrogen (secondary N) is 1. The van der Waals surface area contributed by atoms with E-state index < -0.39 is 23.6 Å². The Bertz CT molecular complexity index is 1300. The van der Waals surface area contributed by atoms with Crippen molar-refractivity contribution in [3.8, 4) is 0 Å². The molecule has 2 aliphatic rings. The van der Waals surface area contributed by atoms with Gasteiger partial charge in [-0.05, 0) is 43.5 Å². The summed E-state index contributed by atoms with van der Waals surface area (Å²) in [6, 6.07) is 11.7. The molecule has 9 heteroatoms. The van der Waals surface area contributed by atoms with E-state index in [9.17, 15) is 28.3 Å². The third kappa shape index (κ3) is 9.08. The first kappa shape index (κ1) is 32.7. The first-order valence-electron chi connectivity index (χ1n) is 14.1. The van der Waals surface area contributed by atoms with Crippen LogP contribution in [0, 0.1) is 17.0 Å². The topological polar surface area (TPSA) is 95.9 Å². The number of halogens is 2. The zero-order valence-corrected chi connectivity index (χ0v) is 24.5. The van der Waals surface area contributed by atoms with Crippen LogP contribution in [0.4, 0.5) is 8.78 Å². The second-order valence-electron chi connectivity index (χ2n) is 11.4. The highest BCUT2D eigenvalue weighted by Crippen LogP contribution is 2.38. The van der Waals surface area contributed by atoms with Crippen molar-refractivity contribution in [2.45, 2.75) is 64.5 Å². The number of benzene rings is 2. The lowest BCUT2D eigenvalue weighted by Crippen LogP contribution is -2.60. The molecule has 2 aromatic rings. The number of ether oxygens (including phenoxy) is 1. The number of carbonyl (C=O) groups excluding carboxylic acids is 2. The number of aliphatic carboxylic acids is 1. The Kier molecular flexibility index (Phi) is 11.6. The molecule has 2 fully saturated rings. The van der Waals surface area contributed by atoms with Gasteiger partial charge in [-0.1, -0.05) is 63.1 Å². The summed E-state index contributed by atoms with van der Waals surface area (Å²) in [6.07, 6.45) is 8.23. The lowest BCUT2D eigenvalue weighted by molar-refractivity contribution is -0.143. The van der Waals surface area contributed by atoms with Crippen LogP contribution in [0.15, 0.2) is 66.8 Å². The molecular weight excluding hydrogens is 542 g/mol. The van der Waals surface area contributed by atoms with Crippen molar-refractivity contribution >= 4 is 23.4 Å². The number of allylic oxidation sites excluding steroid dienone is 2. The van der Waals surface area contributed by atoms with Gasteiger partial charge in [0, 0.05) is 42.6 Å². The van der Waals surface area contributed by atoms with E-state index >= 15 is 0 Å². The number of rotatable bonds is 10. The van der Waals surface area contributed by atoms with Crippen LogP contribution >= 0.6 is 0 Å². The molecule has 1 saturated carbocycles. The number of ketones is 1. The van der Waals surface area contributed by atoms with Crippen LogP contribution in [-0.4, -0.2) is 53.9 Å². The van der Waals surface area contributed by atoms with Gasteiger partial charge in [0.1, 0.15) is 17.4 Å². The van der Waals surface area contributed by atoms with Crippen molar-refractivity contribution in [2.75, 3.05) is 20.2 Å². The van der Waals surface area contributed by atoms with Crippen molar-refractivity contribution in [2.24, 2.45) is 5.41 Å². The molecule has 7 nitrogen and oxygen atoms in total. The van der Waals surface area contributed by atoms with Crippen LogP contribution in [0.2, 0.25) is 0 Å². The monoisotopic (exact) mass is 582 g/mol. The van der Waals surface area contributed by atoms with Gasteiger partial charge in [-0.3, -0.25) is 14.5 Å². The summed E-state index contributed by atoms with van der Waals surface area (Å²) in [5, 5.41) is 12.1. The zero-order valence-electron chi connectivity index (χ0n) is 24.5. The number of carboxylic acid groups (broad SMARTS) is 1. The average molecular weight is 583 g/mol. The fourth-order valence-electron chi connectivity index (χ4n) is 5.48. The second kappa shape index (κ2) is 14.9. The van der Waals surface area contributed by atoms with E-state index in [2.05, 4.69) is 23.7 Å². The molecule has 1 heterocycles. The Morgan fingerprint density at radius 1 is 1.12 bits per heavy atom. The van der Waals surface area contributed by atoms with Crippen molar-refractivity contribution < 1.29 is 33.0 Å². The Balaban J connectivity index is 0.000000250. The fourth-order valence-corrected chi connectivity index (χ4v) is 5.48. The van der Waals surface area contributed by atoms with Crippen LogP contribution in [0.5, 0.6) is 0 Å². The smallest absolute Gasteiger partial charge is 0.330 e. The summed E-state index contributed by atoms with van der Waals surface area (Å²) in [5.74, 6) is -2.75. The molecule has 0 bridgehead atoms. The van der Waals surface area contributed by atoms with Crippen molar-refractivity contribution in [1.29, 1.82) is 0 Å². The van der Waals surface area contributed by atoms with Gasteiger partial charge >= 0.3 is 5.97 Å². The van der Waals surface area contributed by atoms with Gasteiger partial charge in [0.2, 0.25) is 5.91 Å². The standard InChI is InChI=1S/C20H28N2O3.C13H12F2O2/c1-20(13-22(14-20)16-10-6-3-7-11-16)12-17(23)21-18(19(24)25)15-8-4-2-5-9-15;1-8(9(2)16)6-13(17-3)11-5-4-10(14)7-12(11)15/h2,4-5,8-9,16,18H,3,6-7,10-14H2,1H3,(H,21,23)(H,24,25);4-7H,1H2,2-3H3/b;13-6-. The molecular formula is C33H40F2N2O5. The molecule has 1 saturated heterocycles. The Hall–Kier alpha value is -3.85. The Morgan fingerprint density at radius 3 is 2.31 bits per heavy atom. The highest BCUT2D eigenvalue weighted by atomic mass is 19.1. The number of methoxy groups -OCH3 is 1. The molecule has 2 N–H and O–H groups in total. The molecule has 1 aliphatic heterocycles. The molecule has 226 valence electrons. The number of hydrogen-bond acceptors (Lipinski definition) is 5. The molecule has 0 radical (unpaired) electrons. The van der Waals surface area contributed by atoms with Crippen molar-refractivity contribution in [1.82, 2.24) is 10.2 Å². The van der Waals surface area contributed by atoms with Crippen LogP contribution < -0.4 is 5.32 Å². The first-order valence-corrected chi connectivity index (χ1v) is 14.1. The van der Waals surface area contributed by atoms with Gasteiger partial charge < -0.3 is 15.2 Å². The summed E-state index contributed by atoms with van der Waals surface area (Å²) < 4.78 is 31.2. The summed E-state index contributed by atoms with van der Waals surface area (Å²) in [4.78, 5) is 37.5. The molecule has 1 atom stereocenters. The maximum Gasteiger partial charge on any atom is 0.330 e. The Morgan fingerprint density at radius 2 is 1.76 bits per heavy atom. The number of carbonyl (C=O) groups is 3. The predicted molar refractivity (Wildman–Crippen MR) is 157 cm³/mol. The fraction of sp³-hybridized carbons (Fsp3) is 0.424. The molecule has 2 aromatic carbocycles. The van der Waals surface area contributed by atoms with E-state index in [0.29, 0.717) is 18.0 Å². The molecule has 0 spiro atoms. The highest BCUT2D eigenvalue weighted by Gasteiger charge is 2.43. The molecule has 1 amide bonds. The van der Waals surface area contributed by atoms with Gasteiger partial charge in [0.25, 0.3) is 0 Å². The number of amides is 1. The second-order valence-corrected chi connectivity index (χ2v) is 11.4. The number of carboxylic acids is 1. The summed E-state index contributed by atoms with van der Waals surface area (Å²) >= 11 is 0. The summed E-state index contributed by atoms with van der Waals surface area (Å²) in [7, 11) is 1.34. The maximum absolute atomic E-state index is 13.5. The largest absolute Gasteiger partial charge is 0.496 e. The number of Topliss-reactive ketones (excluding diaryl/α,β-unsaturated/α-hetero) is 1. The van der Waals surface area contributed by atoms with E-state index in [4.69, 9.17) is 4.74 Å². The van der Waals surface area contributed by atoms with Crippen LogP contribution in [-0.2, 0) is 19.1 Å². The lowest BCUT2D eigenvalue weighted by Gasteiger charge is -2.52. The molecule has 42 heavy (non-hydrogen) atoms. The van der Waals surface area contributed by atoms with Crippen molar-refractivity contribution in [3.05, 3.63) is 89.5 Å².